The topological polar surface area (TPSA) is 42.7 Å². The second kappa shape index (κ2) is 5.78. The molecule has 0 saturated carbocycles. The Morgan fingerprint density at radius 3 is 2.67 bits per heavy atom. The molecule has 0 aliphatic carbocycles. The molecule has 2 rings (SSSR count). The molecule has 0 bridgehead atoms. The Balaban J connectivity index is 1.97. The van der Waals surface area contributed by atoms with Crippen LogP contribution in [-0.2, 0) is 13.1 Å². The highest BCUT2D eigenvalue weighted by molar-refractivity contribution is 5.14. The minimum atomic E-state index is 0.498. The molecule has 0 unspecified atom stereocenters. The van der Waals surface area contributed by atoms with Gasteiger partial charge >= 0.3 is 0 Å². The molecule has 0 aliphatic rings. The number of hydrogen-bond acceptors (Lipinski definition) is 3. The number of pyridine rings is 1. The van der Waals surface area contributed by atoms with Crippen LogP contribution in [-0.4, -0.2) is 20.6 Å². The lowest BCUT2D eigenvalue weighted by atomic mass is 10.2. The predicted molar refractivity (Wildman–Crippen MR) is 72.3 cm³/mol. The summed E-state index contributed by atoms with van der Waals surface area (Å²) in [5, 5.41) is 3.38. The van der Waals surface area contributed by atoms with Gasteiger partial charge in [0.05, 0.1) is 12.2 Å². The van der Waals surface area contributed by atoms with E-state index in [1.165, 1.54) is 5.56 Å². The fourth-order valence-electron chi connectivity index (χ4n) is 1.72. The molecule has 0 radical (unpaired) electrons. The van der Waals surface area contributed by atoms with Crippen LogP contribution >= 0.6 is 0 Å². The molecule has 0 aliphatic heterocycles. The minimum Gasteiger partial charge on any atom is -0.329 e. The fourth-order valence-corrected chi connectivity index (χ4v) is 1.72. The molecule has 0 saturated heterocycles. The van der Waals surface area contributed by atoms with Crippen molar-refractivity contribution in [2.75, 3.05) is 0 Å². The molecule has 18 heavy (non-hydrogen) atoms. The number of rotatable bonds is 5. The fraction of sp³-hybridized carbons (Fsp3) is 0.429. The molecule has 0 spiro atoms. The van der Waals surface area contributed by atoms with Crippen LogP contribution in [0.5, 0.6) is 0 Å². The van der Waals surface area contributed by atoms with Gasteiger partial charge in [-0.3, -0.25) is 4.98 Å². The lowest BCUT2D eigenvalue weighted by Gasteiger charge is -2.09. The summed E-state index contributed by atoms with van der Waals surface area (Å²) in [5.74, 6) is 1.02. The van der Waals surface area contributed by atoms with Crippen LogP contribution in [0, 0.1) is 6.92 Å². The van der Waals surface area contributed by atoms with Crippen molar-refractivity contribution < 1.29 is 0 Å². The highest BCUT2D eigenvalue weighted by atomic mass is 15.1. The molecule has 2 aromatic rings. The molecule has 0 fully saturated rings. The molecule has 0 aromatic carbocycles. The maximum atomic E-state index is 4.48. The van der Waals surface area contributed by atoms with E-state index < -0.39 is 0 Å². The maximum absolute atomic E-state index is 4.48. The Morgan fingerprint density at radius 1 is 1.28 bits per heavy atom. The van der Waals surface area contributed by atoms with Gasteiger partial charge in [-0.2, -0.15) is 0 Å². The van der Waals surface area contributed by atoms with Gasteiger partial charge in [0, 0.05) is 31.2 Å². The Hall–Kier alpha value is -1.68. The van der Waals surface area contributed by atoms with Crippen molar-refractivity contribution in [3.05, 3.63) is 47.8 Å². The van der Waals surface area contributed by atoms with Gasteiger partial charge < -0.3 is 9.88 Å². The van der Waals surface area contributed by atoms with Crippen molar-refractivity contribution in [3.63, 3.8) is 0 Å². The Morgan fingerprint density at radius 2 is 2.11 bits per heavy atom. The number of hydrogen-bond donors (Lipinski definition) is 1. The second-order valence-corrected chi connectivity index (χ2v) is 4.80. The lowest BCUT2D eigenvalue weighted by molar-refractivity contribution is 0.587. The first-order valence-electron chi connectivity index (χ1n) is 6.30. The van der Waals surface area contributed by atoms with Crippen LogP contribution in [0.4, 0.5) is 0 Å². The highest BCUT2D eigenvalue weighted by Gasteiger charge is 2.01. The molecule has 1 N–H and O–H groups in total. The molecule has 96 valence electrons. The number of nitrogens with one attached hydrogen (secondary N) is 1. The van der Waals surface area contributed by atoms with Crippen LogP contribution in [0.3, 0.4) is 0 Å². The molecular weight excluding hydrogens is 224 g/mol. The monoisotopic (exact) mass is 244 g/mol. The van der Waals surface area contributed by atoms with E-state index in [0.29, 0.717) is 6.04 Å². The smallest absolute Gasteiger partial charge is 0.105 e. The Bertz CT molecular complexity index is 485. The first kappa shape index (κ1) is 12.8. The van der Waals surface area contributed by atoms with E-state index in [-0.39, 0.29) is 0 Å². The zero-order chi connectivity index (χ0) is 13.0. The van der Waals surface area contributed by atoms with E-state index in [1.807, 2.05) is 25.5 Å². The van der Waals surface area contributed by atoms with Gasteiger partial charge in [0.15, 0.2) is 0 Å². The van der Waals surface area contributed by atoms with E-state index in [0.717, 1.165) is 24.6 Å². The zero-order valence-electron chi connectivity index (χ0n) is 11.2. The Kier molecular flexibility index (Phi) is 4.10. The third-order valence-corrected chi connectivity index (χ3v) is 2.86. The number of nitrogens with zero attached hydrogens (tertiary/aromatic N) is 3. The van der Waals surface area contributed by atoms with Crippen molar-refractivity contribution in [2.24, 2.45) is 0 Å². The summed E-state index contributed by atoms with van der Waals surface area (Å²) < 4.78 is 2.09. The number of imidazole rings is 1. The molecule has 2 aromatic heterocycles. The van der Waals surface area contributed by atoms with Gasteiger partial charge in [-0.1, -0.05) is 19.9 Å². The first-order chi connectivity index (χ1) is 8.65. The molecule has 4 nitrogen and oxygen atoms in total. The van der Waals surface area contributed by atoms with Crippen LogP contribution in [0.25, 0.3) is 0 Å². The molecule has 0 atom stereocenters. The molecule has 4 heteroatoms. The largest absolute Gasteiger partial charge is 0.329 e. The van der Waals surface area contributed by atoms with Gasteiger partial charge in [0.25, 0.3) is 0 Å². The predicted octanol–water partition coefficient (Wildman–Crippen LogP) is 2.13. The highest BCUT2D eigenvalue weighted by Crippen LogP contribution is 2.04. The van der Waals surface area contributed by atoms with E-state index in [2.05, 4.69) is 45.8 Å². The average Bonchev–Trinajstić information content (AvgIpc) is 2.74. The van der Waals surface area contributed by atoms with Gasteiger partial charge in [0.1, 0.15) is 5.82 Å². The molecule has 2 heterocycles. The summed E-state index contributed by atoms with van der Waals surface area (Å²) in [4.78, 5) is 8.69. The number of aromatic nitrogens is 3. The van der Waals surface area contributed by atoms with Crippen LogP contribution in [0.1, 0.15) is 30.9 Å². The van der Waals surface area contributed by atoms with Crippen molar-refractivity contribution >= 4 is 0 Å². The number of aryl methyl sites for hydroxylation is 1. The van der Waals surface area contributed by atoms with Crippen LogP contribution < -0.4 is 5.32 Å². The lowest BCUT2D eigenvalue weighted by Crippen LogP contribution is -2.21. The average molecular weight is 244 g/mol. The van der Waals surface area contributed by atoms with E-state index >= 15 is 0 Å². The maximum Gasteiger partial charge on any atom is 0.105 e. The normalized spacial score (nSPS) is 11.1. The third kappa shape index (κ3) is 3.40. The second-order valence-electron chi connectivity index (χ2n) is 4.80. The van der Waals surface area contributed by atoms with Gasteiger partial charge in [-0.15, -0.1) is 0 Å². The third-order valence-electron chi connectivity index (χ3n) is 2.86. The van der Waals surface area contributed by atoms with Crippen molar-refractivity contribution in [1.29, 1.82) is 0 Å². The van der Waals surface area contributed by atoms with Gasteiger partial charge in [0.2, 0.25) is 0 Å². The standard InChI is InChI=1S/C14H20N4/c1-11(2)16-8-13-4-5-14(17-9-13)10-18-7-6-15-12(18)3/h4-7,9,11,16H,8,10H2,1-3H3. The van der Waals surface area contributed by atoms with Gasteiger partial charge in [-0.25, -0.2) is 4.98 Å². The first-order valence-corrected chi connectivity index (χ1v) is 6.30. The van der Waals surface area contributed by atoms with Crippen molar-refractivity contribution in [1.82, 2.24) is 19.9 Å². The minimum absolute atomic E-state index is 0.498. The van der Waals surface area contributed by atoms with Crippen molar-refractivity contribution in [3.8, 4) is 0 Å². The SMILES string of the molecule is Cc1nccn1Cc1ccc(CNC(C)C)cn1. The molecule has 0 amide bonds. The summed E-state index contributed by atoms with van der Waals surface area (Å²) in [5.41, 5.74) is 2.28. The Labute approximate surface area is 108 Å². The van der Waals surface area contributed by atoms with Crippen LogP contribution in [0.15, 0.2) is 30.7 Å². The quantitative estimate of drug-likeness (QED) is 0.876. The van der Waals surface area contributed by atoms with E-state index in [1.54, 1.807) is 0 Å². The van der Waals surface area contributed by atoms with E-state index in [4.69, 9.17) is 0 Å². The summed E-state index contributed by atoms with van der Waals surface area (Å²) in [7, 11) is 0. The summed E-state index contributed by atoms with van der Waals surface area (Å²) in [6, 6.07) is 4.71. The molecular formula is C14H20N4. The summed E-state index contributed by atoms with van der Waals surface area (Å²) in [6.45, 7) is 7.94. The zero-order valence-corrected chi connectivity index (χ0v) is 11.2. The van der Waals surface area contributed by atoms with Crippen LogP contribution in [0.2, 0.25) is 0 Å². The van der Waals surface area contributed by atoms with E-state index in [9.17, 15) is 0 Å². The summed E-state index contributed by atoms with van der Waals surface area (Å²) in [6.07, 6.45) is 5.73. The summed E-state index contributed by atoms with van der Waals surface area (Å²) >= 11 is 0. The van der Waals surface area contributed by atoms with Gasteiger partial charge in [-0.05, 0) is 18.6 Å². The van der Waals surface area contributed by atoms with Crippen molar-refractivity contribution in [2.45, 2.75) is 39.9 Å².